The summed E-state index contributed by atoms with van der Waals surface area (Å²) < 4.78 is 5.07. The number of Topliss-reactive ketones (excluding diaryl/α,β-unsaturated/α-hetero) is 1. The fraction of sp³-hybridized carbons (Fsp3) is 0.0952. The molecule has 1 atom stereocenters. The molecule has 1 aliphatic rings. The number of amides is 1. The van der Waals surface area contributed by atoms with E-state index in [1.54, 1.807) is 43.3 Å². The molecule has 8 heteroatoms. The maximum atomic E-state index is 12.9. The number of aromatic nitrogens is 1. The number of halogens is 1. The Kier molecular flexibility index (Phi) is 4.60. The molecule has 0 aliphatic carbocycles. The zero-order valence-electron chi connectivity index (χ0n) is 15.2. The highest BCUT2D eigenvalue weighted by molar-refractivity contribution is 6.51. The summed E-state index contributed by atoms with van der Waals surface area (Å²) in [6.07, 6.45) is 0. The Bertz CT molecular complexity index is 1130. The lowest BCUT2D eigenvalue weighted by Gasteiger charge is -2.22. The molecule has 0 radical (unpaired) electrons. The minimum atomic E-state index is -0.948. The SMILES string of the molecule is Cc1cc(N2C(=O)C(=O)/C(=C(\O)c3ccc(Cl)cc3)C2c2ccc(O)cc2)no1. The van der Waals surface area contributed by atoms with Crippen LogP contribution >= 0.6 is 11.6 Å². The lowest BCUT2D eigenvalue weighted by atomic mass is 9.95. The van der Waals surface area contributed by atoms with Crippen molar-refractivity contribution >= 4 is 34.9 Å². The van der Waals surface area contributed by atoms with Gasteiger partial charge in [-0.25, -0.2) is 0 Å². The van der Waals surface area contributed by atoms with Gasteiger partial charge in [-0.3, -0.25) is 14.5 Å². The molecular weight excluding hydrogens is 396 g/mol. The first-order valence-corrected chi connectivity index (χ1v) is 9.04. The van der Waals surface area contributed by atoms with Crippen molar-refractivity contribution in [2.24, 2.45) is 0 Å². The molecular formula is C21H15ClN2O5. The predicted octanol–water partition coefficient (Wildman–Crippen LogP) is 3.97. The number of anilines is 1. The smallest absolute Gasteiger partial charge is 0.301 e. The Morgan fingerprint density at radius 3 is 2.34 bits per heavy atom. The van der Waals surface area contributed by atoms with E-state index in [0.29, 0.717) is 21.9 Å². The number of hydrogen-bond donors (Lipinski definition) is 2. The number of phenolic OH excluding ortho intramolecular Hbond substituents is 1. The molecule has 2 heterocycles. The minimum Gasteiger partial charge on any atom is -0.508 e. The molecule has 7 nitrogen and oxygen atoms in total. The van der Waals surface area contributed by atoms with Crippen LogP contribution in [0.4, 0.5) is 5.82 Å². The van der Waals surface area contributed by atoms with Gasteiger partial charge in [0.05, 0.1) is 11.6 Å². The summed E-state index contributed by atoms with van der Waals surface area (Å²) in [6.45, 7) is 1.66. The van der Waals surface area contributed by atoms with Crippen LogP contribution in [0.15, 0.2) is 64.7 Å². The van der Waals surface area contributed by atoms with Gasteiger partial charge in [0.15, 0.2) is 5.82 Å². The van der Waals surface area contributed by atoms with Crippen molar-refractivity contribution in [1.29, 1.82) is 0 Å². The highest BCUT2D eigenvalue weighted by Crippen LogP contribution is 2.42. The molecule has 1 aliphatic heterocycles. The number of aliphatic hydroxyl groups excluding tert-OH is 1. The van der Waals surface area contributed by atoms with Gasteiger partial charge in [0, 0.05) is 16.7 Å². The summed E-state index contributed by atoms with van der Waals surface area (Å²) in [7, 11) is 0. The third kappa shape index (κ3) is 3.25. The predicted molar refractivity (Wildman–Crippen MR) is 106 cm³/mol. The van der Waals surface area contributed by atoms with Crippen LogP contribution in [0.1, 0.15) is 22.9 Å². The van der Waals surface area contributed by atoms with Crippen molar-refractivity contribution in [2.45, 2.75) is 13.0 Å². The number of aromatic hydroxyl groups is 1. The number of benzene rings is 2. The van der Waals surface area contributed by atoms with Crippen LogP contribution < -0.4 is 4.90 Å². The highest BCUT2D eigenvalue weighted by atomic mass is 35.5. The first-order chi connectivity index (χ1) is 13.9. The maximum absolute atomic E-state index is 12.9. The van der Waals surface area contributed by atoms with E-state index in [2.05, 4.69) is 5.16 Å². The van der Waals surface area contributed by atoms with Gasteiger partial charge in [0.2, 0.25) is 0 Å². The van der Waals surface area contributed by atoms with Crippen LogP contribution in [0, 0.1) is 6.92 Å². The first-order valence-electron chi connectivity index (χ1n) is 8.66. The van der Waals surface area contributed by atoms with Crippen molar-refractivity contribution < 1.29 is 24.3 Å². The van der Waals surface area contributed by atoms with Crippen molar-refractivity contribution in [3.8, 4) is 5.75 Å². The highest BCUT2D eigenvalue weighted by Gasteiger charge is 2.48. The van der Waals surface area contributed by atoms with Gasteiger partial charge in [0.1, 0.15) is 17.3 Å². The number of rotatable bonds is 3. The van der Waals surface area contributed by atoms with Crippen molar-refractivity contribution in [3.05, 3.63) is 82.1 Å². The summed E-state index contributed by atoms with van der Waals surface area (Å²) in [5.41, 5.74) is 0.759. The zero-order valence-corrected chi connectivity index (χ0v) is 15.9. The Balaban J connectivity index is 1.93. The molecule has 1 unspecified atom stereocenters. The van der Waals surface area contributed by atoms with Crippen LogP contribution in [-0.2, 0) is 9.59 Å². The van der Waals surface area contributed by atoms with E-state index < -0.39 is 17.7 Å². The fourth-order valence-electron chi connectivity index (χ4n) is 3.27. The summed E-state index contributed by atoms with van der Waals surface area (Å²) in [4.78, 5) is 26.9. The molecule has 2 aromatic carbocycles. The van der Waals surface area contributed by atoms with E-state index in [0.717, 1.165) is 0 Å². The van der Waals surface area contributed by atoms with Gasteiger partial charge in [-0.15, -0.1) is 0 Å². The molecule has 146 valence electrons. The summed E-state index contributed by atoms with van der Waals surface area (Å²) in [6, 6.07) is 12.8. The van der Waals surface area contributed by atoms with E-state index >= 15 is 0 Å². The number of phenols is 1. The van der Waals surface area contributed by atoms with Crippen LogP contribution in [-0.4, -0.2) is 27.1 Å². The molecule has 1 fully saturated rings. The summed E-state index contributed by atoms with van der Waals surface area (Å²) >= 11 is 5.90. The molecule has 1 amide bonds. The third-order valence-electron chi connectivity index (χ3n) is 4.63. The third-order valence-corrected chi connectivity index (χ3v) is 4.89. The van der Waals surface area contributed by atoms with Crippen LogP contribution in [0.2, 0.25) is 5.02 Å². The molecule has 4 rings (SSSR count). The first kappa shape index (κ1) is 18.8. The van der Waals surface area contributed by atoms with E-state index in [-0.39, 0.29) is 22.9 Å². The average molecular weight is 411 g/mol. The van der Waals surface area contributed by atoms with Gasteiger partial charge >= 0.3 is 5.91 Å². The van der Waals surface area contributed by atoms with Crippen LogP contribution in [0.5, 0.6) is 5.75 Å². The zero-order chi connectivity index (χ0) is 20.7. The summed E-state index contributed by atoms with van der Waals surface area (Å²) in [5.74, 6) is -1.38. The largest absolute Gasteiger partial charge is 0.508 e. The number of ketones is 1. The number of aryl methyl sites for hydroxylation is 1. The van der Waals surface area contributed by atoms with Gasteiger partial charge in [0.25, 0.3) is 5.78 Å². The Labute approximate surface area is 170 Å². The molecule has 29 heavy (non-hydrogen) atoms. The normalized spacial score (nSPS) is 18.4. The quantitative estimate of drug-likeness (QED) is 0.384. The van der Waals surface area contributed by atoms with Crippen molar-refractivity contribution in [2.75, 3.05) is 4.90 Å². The molecule has 1 saturated heterocycles. The second-order valence-electron chi connectivity index (χ2n) is 6.56. The monoisotopic (exact) mass is 410 g/mol. The second-order valence-corrected chi connectivity index (χ2v) is 7.00. The van der Waals surface area contributed by atoms with Crippen LogP contribution in [0.3, 0.4) is 0 Å². The van der Waals surface area contributed by atoms with E-state index in [4.69, 9.17) is 16.1 Å². The maximum Gasteiger partial charge on any atom is 0.301 e. The standard InChI is InChI=1S/C21H15ClN2O5/c1-11-10-16(23-29-11)24-18(12-4-8-15(25)9-5-12)17(20(27)21(24)28)19(26)13-2-6-14(22)7-3-13/h2-10,18,25-26H,1H3/b19-17-. The van der Waals surface area contributed by atoms with Crippen LogP contribution in [0.25, 0.3) is 5.76 Å². The Morgan fingerprint density at radius 1 is 1.10 bits per heavy atom. The average Bonchev–Trinajstić information content (AvgIpc) is 3.24. The van der Waals surface area contributed by atoms with Gasteiger partial charge in [-0.2, -0.15) is 0 Å². The lowest BCUT2D eigenvalue weighted by molar-refractivity contribution is -0.132. The van der Waals surface area contributed by atoms with Crippen molar-refractivity contribution in [3.63, 3.8) is 0 Å². The molecule has 0 saturated carbocycles. The molecule has 1 aromatic heterocycles. The fourth-order valence-corrected chi connectivity index (χ4v) is 3.40. The number of aliphatic hydroxyl groups is 1. The van der Waals surface area contributed by atoms with Gasteiger partial charge in [-0.1, -0.05) is 28.9 Å². The number of hydrogen-bond acceptors (Lipinski definition) is 6. The van der Waals surface area contributed by atoms with E-state index in [1.807, 2.05) is 0 Å². The Morgan fingerprint density at radius 2 is 1.76 bits per heavy atom. The lowest BCUT2D eigenvalue weighted by Crippen LogP contribution is -2.29. The van der Waals surface area contributed by atoms with Gasteiger partial charge in [-0.05, 0) is 48.9 Å². The number of nitrogens with zero attached hydrogens (tertiary/aromatic N) is 2. The number of carbonyl (C=O) groups is 2. The molecule has 3 aromatic rings. The molecule has 0 spiro atoms. The van der Waals surface area contributed by atoms with E-state index in [9.17, 15) is 19.8 Å². The topological polar surface area (TPSA) is 104 Å². The minimum absolute atomic E-state index is 0.0284. The van der Waals surface area contributed by atoms with E-state index in [1.165, 1.54) is 23.1 Å². The van der Waals surface area contributed by atoms with Gasteiger partial charge < -0.3 is 14.7 Å². The van der Waals surface area contributed by atoms with Crippen molar-refractivity contribution in [1.82, 2.24) is 5.16 Å². The summed E-state index contributed by atoms with van der Waals surface area (Å²) in [5, 5.41) is 24.8. The molecule has 0 bridgehead atoms. The molecule has 2 N–H and O–H groups in total. The Hall–Kier alpha value is -3.58. The second kappa shape index (κ2) is 7.10. The number of carbonyl (C=O) groups excluding carboxylic acids is 2.